The summed E-state index contributed by atoms with van der Waals surface area (Å²) in [5.74, 6) is 0. The van der Waals surface area contributed by atoms with Crippen LogP contribution >= 0.6 is 0 Å². The maximum atomic E-state index is 2.33. The van der Waals surface area contributed by atoms with Gasteiger partial charge < -0.3 is 4.90 Å². The van der Waals surface area contributed by atoms with E-state index < -0.39 is 0 Å². The molecule has 3 rings (SSSR count). The van der Waals surface area contributed by atoms with Crippen molar-refractivity contribution in [1.82, 2.24) is 0 Å². The number of nitrogens with zero attached hydrogens (tertiary/aromatic N) is 1. The van der Waals surface area contributed by atoms with Gasteiger partial charge in [-0.25, -0.2) is 0 Å². The van der Waals surface area contributed by atoms with Crippen LogP contribution in [0.25, 0.3) is 0 Å². The molecule has 3 aromatic carbocycles. The molecule has 3 aromatic rings. The molecule has 0 bridgehead atoms. The highest BCUT2D eigenvalue weighted by Gasteiger charge is 2.08. The highest BCUT2D eigenvalue weighted by atomic mass is 15.1. The molecule has 0 heterocycles. The zero-order valence-corrected chi connectivity index (χ0v) is 11.3. The molecule has 0 fully saturated rings. The summed E-state index contributed by atoms with van der Waals surface area (Å²) in [5, 5.41) is 0. The molecule has 0 aromatic heterocycles. The highest BCUT2D eigenvalue weighted by molar-refractivity contribution is 5.63. The van der Waals surface area contributed by atoms with Gasteiger partial charge >= 0.3 is 0 Å². The molecular formula is C19H17N. The Morgan fingerprint density at radius 1 is 0.500 bits per heavy atom. The van der Waals surface area contributed by atoms with Crippen LogP contribution in [-0.2, 0) is 6.54 Å². The minimum absolute atomic E-state index is 0.870. The van der Waals surface area contributed by atoms with Crippen LogP contribution in [0.4, 0.5) is 11.4 Å². The van der Waals surface area contributed by atoms with Crippen molar-refractivity contribution in [1.29, 1.82) is 0 Å². The van der Waals surface area contributed by atoms with Gasteiger partial charge in [-0.05, 0) is 29.8 Å². The Hall–Kier alpha value is -2.54. The van der Waals surface area contributed by atoms with Gasteiger partial charge in [-0.3, -0.25) is 0 Å². The Bertz CT molecular complexity index is 593. The average molecular weight is 259 g/mol. The fourth-order valence-corrected chi connectivity index (χ4v) is 2.31. The lowest BCUT2D eigenvalue weighted by molar-refractivity contribution is 0.975. The molecule has 0 atom stereocenters. The van der Waals surface area contributed by atoms with Gasteiger partial charge in [-0.15, -0.1) is 0 Å². The van der Waals surface area contributed by atoms with E-state index in [0.717, 1.165) is 6.54 Å². The van der Waals surface area contributed by atoms with Crippen LogP contribution in [0.1, 0.15) is 5.56 Å². The quantitative estimate of drug-likeness (QED) is 0.635. The third kappa shape index (κ3) is 2.89. The lowest BCUT2D eigenvalue weighted by Gasteiger charge is -2.25. The maximum absolute atomic E-state index is 2.33. The van der Waals surface area contributed by atoms with Gasteiger partial charge in [0.15, 0.2) is 0 Å². The molecule has 20 heavy (non-hydrogen) atoms. The fraction of sp³-hybridized carbons (Fsp3) is 0.0526. The number of rotatable bonds is 4. The largest absolute Gasteiger partial charge is 0.337 e. The molecule has 0 unspecified atom stereocenters. The number of hydrogen-bond acceptors (Lipinski definition) is 1. The van der Waals surface area contributed by atoms with Crippen LogP contribution in [0.5, 0.6) is 0 Å². The minimum atomic E-state index is 0.870. The van der Waals surface area contributed by atoms with Crippen LogP contribution in [0.3, 0.4) is 0 Å². The predicted octanol–water partition coefficient (Wildman–Crippen LogP) is 5.02. The van der Waals surface area contributed by atoms with Crippen LogP contribution in [-0.4, -0.2) is 0 Å². The molecule has 0 radical (unpaired) electrons. The highest BCUT2D eigenvalue weighted by Crippen LogP contribution is 2.26. The summed E-state index contributed by atoms with van der Waals surface area (Å²) in [7, 11) is 0. The summed E-state index contributed by atoms with van der Waals surface area (Å²) in [4.78, 5) is 2.33. The van der Waals surface area contributed by atoms with Gasteiger partial charge in [0.1, 0.15) is 0 Å². The Balaban J connectivity index is 1.96. The van der Waals surface area contributed by atoms with E-state index in [2.05, 4.69) is 95.9 Å². The standard InChI is InChI=1S/C19H17N/c1-4-10-17(11-5-1)16-20(18-12-6-2-7-13-18)19-14-8-3-9-15-19/h1-15H,16H2. The van der Waals surface area contributed by atoms with Gasteiger partial charge in [0, 0.05) is 17.9 Å². The topological polar surface area (TPSA) is 3.24 Å². The molecule has 0 aliphatic rings. The normalized spacial score (nSPS) is 10.2. The molecule has 0 spiro atoms. The zero-order chi connectivity index (χ0) is 13.6. The van der Waals surface area contributed by atoms with Crippen molar-refractivity contribution in [3.05, 3.63) is 96.6 Å². The van der Waals surface area contributed by atoms with Gasteiger partial charge in [-0.1, -0.05) is 66.7 Å². The third-order valence-electron chi connectivity index (χ3n) is 3.32. The molecule has 0 saturated heterocycles. The van der Waals surface area contributed by atoms with Crippen molar-refractivity contribution in [2.24, 2.45) is 0 Å². The second-order valence-corrected chi connectivity index (χ2v) is 4.74. The molecule has 98 valence electrons. The SMILES string of the molecule is c1ccc(CN(c2ccccc2)c2ccccc2)cc1. The molecule has 1 nitrogen and oxygen atoms in total. The van der Waals surface area contributed by atoms with Crippen LogP contribution in [0.15, 0.2) is 91.0 Å². The van der Waals surface area contributed by atoms with Crippen molar-refractivity contribution >= 4 is 11.4 Å². The number of para-hydroxylation sites is 2. The first-order valence-corrected chi connectivity index (χ1v) is 6.85. The van der Waals surface area contributed by atoms with E-state index in [1.165, 1.54) is 16.9 Å². The molecule has 0 N–H and O–H groups in total. The van der Waals surface area contributed by atoms with Crippen molar-refractivity contribution in [3.8, 4) is 0 Å². The summed E-state index contributed by atoms with van der Waals surface area (Å²) >= 11 is 0. The van der Waals surface area contributed by atoms with Gasteiger partial charge in [-0.2, -0.15) is 0 Å². The van der Waals surface area contributed by atoms with E-state index >= 15 is 0 Å². The van der Waals surface area contributed by atoms with Crippen molar-refractivity contribution in [3.63, 3.8) is 0 Å². The molecule has 0 saturated carbocycles. The molecular weight excluding hydrogens is 242 g/mol. The van der Waals surface area contributed by atoms with Crippen LogP contribution < -0.4 is 4.90 Å². The second-order valence-electron chi connectivity index (χ2n) is 4.74. The van der Waals surface area contributed by atoms with E-state index in [-0.39, 0.29) is 0 Å². The number of benzene rings is 3. The van der Waals surface area contributed by atoms with E-state index in [9.17, 15) is 0 Å². The van der Waals surface area contributed by atoms with Gasteiger partial charge in [0.2, 0.25) is 0 Å². The second kappa shape index (κ2) is 6.07. The number of anilines is 2. The predicted molar refractivity (Wildman–Crippen MR) is 85.2 cm³/mol. The van der Waals surface area contributed by atoms with Gasteiger partial charge in [0.05, 0.1) is 0 Å². The smallest absolute Gasteiger partial charge is 0.0481 e. The third-order valence-corrected chi connectivity index (χ3v) is 3.32. The molecule has 1 heteroatoms. The fourth-order valence-electron chi connectivity index (χ4n) is 2.31. The Morgan fingerprint density at radius 2 is 0.900 bits per heavy atom. The summed E-state index contributed by atoms with van der Waals surface area (Å²) in [6.07, 6.45) is 0. The van der Waals surface area contributed by atoms with E-state index in [0.29, 0.717) is 0 Å². The van der Waals surface area contributed by atoms with Crippen molar-refractivity contribution < 1.29 is 0 Å². The van der Waals surface area contributed by atoms with E-state index in [1.54, 1.807) is 0 Å². The van der Waals surface area contributed by atoms with Crippen molar-refractivity contribution in [2.45, 2.75) is 6.54 Å². The Morgan fingerprint density at radius 3 is 1.35 bits per heavy atom. The Labute approximate surface area is 120 Å². The average Bonchev–Trinajstić information content (AvgIpc) is 2.55. The Kier molecular flexibility index (Phi) is 3.79. The molecule has 0 aliphatic carbocycles. The van der Waals surface area contributed by atoms with Crippen LogP contribution in [0.2, 0.25) is 0 Å². The molecule has 0 amide bonds. The first-order chi connectivity index (χ1) is 9.93. The first-order valence-electron chi connectivity index (χ1n) is 6.85. The lowest BCUT2D eigenvalue weighted by atomic mass is 10.1. The zero-order valence-electron chi connectivity index (χ0n) is 11.3. The van der Waals surface area contributed by atoms with Crippen molar-refractivity contribution in [2.75, 3.05) is 4.90 Å². The first kappa shape index (κ1) is 12.5. The lowest BCUT2D eigenvalue weighted by Crippen LogP contribution is -2.16. The van der Waals surface area contributed by atoms with E-state index in [4.69, 9.17) is 0 Å². The summed E-state index contributed by atoms with van der Waals surface area (Å²) in [6, 6.07) is 31.6. The summed E-state index contributed by atoms with van der Waals surface area (Å²) in [5.41, 5.74) is 3.73. The summed E-state index contributed by atoms with van der Waals surface area (Å²) in [6.45, 7) is 0.870. The minimum Gasteiger partial charge on any atom is -0.337 e. The molecule has 0 aliphatic heterocycles. The van der Waals surface area contributed by atoms with Crippen LogP contribution in [0, 0.1) is 0 Å². The maximum Gasteiger partial charge on any atom is 0.0481 e. The van der Waals surface area contributed by atoms with E-state index in [1.807, 2.05) is 0 Å². The monoisotopic (exact) mass is 259 g/mol. The van der Waals surface area contributed by atoms with Gasteiger partial charge in [0.25, 0.3) is 0 Å². The number of hydrogen-bond donors (Lipinski definition) is 0. The summed E-state index contributed by atoms with van der Waals surface area (Å²) < 4.78 is 0.